The second kappa shape index (κ2) is 7.05. The molecule has 0 bridgehead atoms. The second-order valence-electron chi connectivity index (χ2n) is 8.56. The number of nitrogens with zero attached hydrogens (tertiary/aromatic N) is 2. The fraction of sp³-hybridized carbons (Fsp3) is 0.333. The van der Waals surface area contributed by atoms with Crippen LogP contribution in [0.3, 0.4) is 0 Å². The second-order valence-corrected chi connectivity index (χ2v) is 9.76. The van der Waals surface area contributed by atoms with Gasteiger partial charge in [-0.25, -0.2) is 0 Å². The van der Waals surface area contributed by atoms with E-state index in [1.807, 2.05) is 36.1 Å². The van der Waals surface area contributed by atoms with Crippen molar-refractivity contribution in [1.29, 1.82) is 0 Å². The predicted octanol–water partition coefficient (Wildman–Crippen LogP) is 3.91. The number of hydrogen-bond donors (Lipinski definition) is 1. The number of para-hydroxylation sites is 1. The van der Waals surface area contributed by atoms with E-state index in [2.05, 4.69) is 23.2 Å². The summed E-state index contributed by atoms with van der Waals surface area (Å²) in [6.45, 7) is 1.97. The van der Waals surface area contributed by atoms with Gasteiger partial charge in [0.25, 0.3) is 5.03 Å². The summed E-state index contributed by atoms with van der Waals surface area (Å²) >= 11 is 1.48. The van der Waals surface area contributed by atoms with Crippen molar-refractivity contribution in [2.45, 2.75) is 42.3 Å². The van der Waals surface area contributed by atoms with Crippen LogP contribution in [0.25, 0.3) is 10.9 Å². The molecule has 3 aliphatic rings. The average molecular weight is 434 g/mol. The summed E-state index contributed by atoms with van der Waals surface area (Å²) in [7, 11) is 0. The molecule has 158 valence electrons. The highest BCUT2D eigenvalue weighted by Gasteiger charge is 2.51. The van der Waals surface area contributed by atoms with Crippen LogP contribution in [-0.2, 0) is 16.0 Å². The first-order valence-corrected chi connectivity index (χ1v) is 11.6. The van der Waals surface area contributed by atoms with Gasteiger partial charge in [0, 0.05) is 35.2 Å². The molecule has 31 heavy (non-hydrogen) atoms. The summed E-state index contributed by atoms with van der Waals surface area (Å²) in [5, 5.41) is 14.0. The van der Waals surface area contributed by atoms with Gasteiger partial charge in [0.05, 0.1) is 23.6 Å². The Morgan fingerprint density at radius 2 is 2.06 bits per heavy atom. The quantitative estimate of drug-likeness (QED) is 0.491. The van der Waals surface area contributed by atoms with Gasteiger partial charge in [0.1, 0.15) is 6.10 Å². The molecule has 7 heteroatoms. The number of fused-ring (bicyclic) bond motifs is 6. The summed E-state index contributed by atoms with van der Waals surface area (Å²) < 4.78 is 6.58. The molecule has 1 unspecified atom stereocenters. The smallest absolute Gasteiger partial charge is 0.253 e. The van der Waals surface area contributed by atoms with Crippen LogP contribution in [0.4, 0.5) is 0 Å². The molecule has 1 N–H and O–H groups in total. The Morgan fingerprint density at radius 1 is 1.23 bits per heavy atom. The van der Waals surface area contributed by atoms with Gasteiger partial charge in [-0.3, -0.25) is 4.79 Å². The number of piperidine rings is 1. The number of allylic oxidation sites excluding steroid dienone is 1. The van der Waals surface area contributed by atoms with E-state index in [1.54, 1.807) is 12.3 Å². The highest BCUT2D eigenvalue weighted by molar-refractivity contribution is 7.99. The molecule has 2 aromatic heterocycles. The molecule has 1 fully saturated rings. The number of hydrogen-bond acceptors (Lipinski definition) is 4. The lowest BCUT2D eigenvalue weighted by Gasteiger charge is -2.50. The van der Waals surface area contributed by atoms with Gasteiger partial charge in [-0.2, -0.15) is 4.73 Å². The minimum absolute atomic E-state index is 0.0406. The minimum atomic E-state index is -0.189. The van der Waals surface area contributed by atoms with E-state index in [0.717, 1.165) is 22.4 Å². The molecular formula is C24H23N3O3S. The third-order valence-electron chi connectivity index (χ3n) is 6.87. The zero-order chi connectivity index (χ0) is 21.1. The zero-order valence-corrected chi connectivity index (χ0v) is 17.9. The number of rotatable bonds is 2. The molecule has 3 aliphatic heterocycles. The fourth-order valence-corrected chi connectivity index (χ4v) is 6.68. The molecule has 0 saturated carbocycles. The number of thioether (sulfide) groups is 1. The number of nitrogens with one attached hydrogen (secondary N) is 1. The first-order chi connectivity index (χ1) is 15.1. The van der Waals surface area contributed by atoms with Crippen molar-refractivity contribution >= 4 is 28.6 Å². The molecule has 1 saturated heterocycles. The van der Waals surface area contributed by atoms with Gasteiger partial charge >= 0.3 is 0 Å². The van der Waals surface area contributed by atoms with E-state index in [1.165, 1.54) is 28.9 Å². The molecule has 0 radical (unpaired) electrons. The topological polar surface area (TPSA) is 72.3 Å². The van der Waals surface area contributed by atoms with E-state index in [4.69, 9.17) is 4.74 Å². The van der Waals surface area contributed by atoms with Crippen molar-refractivity contribution < 1.29 is 14.3 Å². The summed E-state index contributed by atoms with van der Waals surface area (Å²) in [5.41, 5.74) is 3.50. The predicted molar refractivity (Wildman–Crippen MR) is 118 cm³/mol. The Balaban J connectivity index is 1.48. The molecular weight excluding hydrogens is 410 g/mol. The number of amides is 1. The number of benzene rings is 1. The number of pyridine rings is 1. The highest BCUT2D eigenvalue weighted by Crippen LogP contribution is 2.50. The summed E-state index contributed by atoms with van der Waals surface area (Å²) in [4.78, 5) is 19.5. The molecule has 1 aromatic carbocycles. The summed E-state index contributed by atoms with van der Waals surface area (Å²) in [6.07, 6.45) is 6.70. The monoisotopic (exact) mass is 433 g/mol. The number of carbonyl (C=O) groups is 1. The third kappa shape index (κ3) is 2.86. The van der Waals surface area contributed by atoms with Crippen LogP contribution < -0.4 is 4.73 Å². The number of aromatic amines is 1. The molecule has 5 heterocycles. The fourth-order valence-electron chi connectivity index (χ4n) is 5.47. The van der Waals surface area contributed by atoms with Crippen LogP contribution in [0.2, 0.25) is 0 Å². The molecule has 3 aromatic rings. The standard InChI is InChI=1S/C24H23N3O3S/c1-14-22-15(9-11-30-14)12-19-23-17(16-6-2-3-7-18(16)25-23)13-21(27(19)24(22)28)31-20-8-4-5-10-26(20)29/h2-11,14-15,19,21-22,25H,12-13H2,1H3/t14-,15-,19-,21?,22-/m0/s1. The van der Waals surface area contributed by atoms with Crippen LogP contribution in [0.5, 0.6) is 0 Å². The Bertz CT molecular complexity index is 1210. The van der Waals surface area contributed by atoms with Crippen molar-refractivity contribution in [3.05, 3.63) is 77.5 Å². The number of H-pyrrole nitrogens is 1. The van der Waals surface area contributed by atoms with Gasteiger partial charge < -0.3 is 19.8 Å². The van der Waals surface area contributed by atoms with Crippen molar-refractivity contribution in [1.82, 2.24) is 9.88 Å². The molecule has 5 atom stereocenters. The van der Waals surface area contributed by atoms with Crippen LogP contribution in [0.1, 0.15) is 30.6 Å². The highest BCUT2D eigenvalue weighted by atomic mass is 32.2. The van der Waals surface area contributed by atoms with Crippen molar-refractivity contribution in [2.24, 2.45) is 11.8 Å². The Labute approximate surface area is 184 Å². The molecule has 6 nitrogen and oxygen atoms in total. The average Bonchev–Trinajstić information content (AvgIpc) is 3.14. The normalized spacial score (nSPS) is 29.3. The number of carbonyl (C=O) groups excluding carboxylic acids is 1. The molecule has 1 amide bonds. The Morgan fingerprint density at radius 3 is 2.94 bits per heavy atom. The largest absolute Gasteiger partial charge is 0.618 e. The van der Waals surface area contributed by atoms with Gasteiger partial charge in [-0.05, 0) is 54.8 Å². The van der Waals surface area contributed by atoms with E-state index >= 15 is 0 Å². The van der Waals surface area contributed by atoms with Crippen molar-refractivity contribution in [2.75, 3.05) is 0 Å². The molecule has 0 aliphatic carbocycles. The lowest BCUT2D eigenvalue weighted by atomic mass is 9.75. The first kappa shape index (κ1) is 18.8. The number of ether oxygens (including phenoxy) is 1. The van der Waals surface area contributed by atoms with Gasteiger partial charge in [-0.15, -0.1) is 0 Å². The lowest BCUT2D eigenvalue weighted by Crippen LogP contribution is -2.56. The van der Waals surface area contributed by atoms with E-state index in [9.17, 15) is 10.0 Å². The summed E-state index contributed by atoms with van der Waals surface area (Å²) in [6, 6.07) is 13.7. The third-order valence-corrected chi connectivity index (χ3v) is 8.09. The van der Waals surface area contributed by atoms with Crippen molar-refractivity contribution in [3.63, 3.8) is 0 Å². The van der Waals surface area contributed by atoms with E-state index in [-0.39, 0.29) is 35.3 Å². The maximum Gasteiger partial charge on any atom is 0.253 e. The Kier molecular flexibility index (Phi) is 4.28. The van der Waals surface area contributed by atoms with Gasteiger partial charge in [-0.1, -0.05) is 18.2 Å². The van der Waals surface area contributed by atoms with Crippen LogP contribution in [0.15, 0.2) is 66.0 Å². The first-order valence-electron chi connectivity index (χ1n) is 10.7. The SMILES string of the molecule is C[C@@H]1OC=C[C@H]2C[C@H]3c4[nH]c5ccccc5c4CC(Sc4cccc[n+]4[O-])N3C(=O)[C@@H]12. The van der Waals surface area contributed by atoms with E-state index in [0.29, 0.717) is 11.4 Å². The zero-order valence-electron chi connectivity index (χ0n) is 17.1. The Hall–Kier alpha value is -2.93. The molecule has 6 rings (SSSR count). The van der Waals surface area contributed by atoms with E-state index < -0.39 is 0 Å². The van der Waals surface area contributed by atoms with Crippen LogP contribution >= 0.6 is 11.8 Å². The van der Waals surface area contributed by atoms with Gasteiger partial charge in [0.2, 0.25) is 5.91 Å². The summed E-state index contributed by atoms with van der Waals surface area (Å²) in [5.74, 6) is 0.0837. The maximum absolute atomic E-state index is 13.8. The van der Waals surface area contributed by atoms with Gasteiger partial charge in [0.15, 0.2) is 6.20 Å². The number of aromatic nitrogens is 2. The van der Waals surface area contributed by atoms with Crippen LogP contribution in [-0.4, -0.2) is 27.3 Å². The molecule has 0 spiro atoms. The van der Waals surface area contributed by atoms with Crippen LogP contribution in [0, 0.1) is 17.0 Å². The van der Waals surface area contributed by atoms with Crippen molar-refractivity contribution in [3.8, 4) is 0 Å². The lowest BCUT2D eigenvalue weighted by molar-refractivity contribution is -0.645. The maximum atomic E-state index is 13.8. The minimum Gasteiger partial charge on any atom is -0.618 e.